The summed E-state index contributed by atoms with van der Waals surface area (Å²) in [6, 6.07) is 20.4. The summed E-state index contributed by atoms with van der Waals surface area (Å²) in [6.45, 7) is 8.06. The standard InChI is InChI=1S/C32H40FN3O3/c1-4-15-36(16-5-2)32(39)27-18-23(3)17-26(20-27)31(38)35-29(19-24-11-13-28(33)14-12-24)30(37)22-34-21-25-9-7-6-8-10-25/h6-14,17-18,20,29-30,34,37H,4-5,15-16,19,21-22H2,1-3H3,(H,35,38)/t29-,30+/m0/s1. The van der Waals surface area contributed by atoms with Gasteiger partial charge in [-0.05, 0) is 73.2 Å². The number of halogens is 1. The Balaban J connectivity index is 1.77. The quantitative estimate of drug-likeness (QED) is 0.276. The molecule has 3 aromatic rings. The summed E-state index contributed by atoms with van der Waals surface area (Å²) >= 11 is 0. The van der Waals surface area contributed by atoms with Crippen LogP contribution in [-0.4, -0.2) is 53.6 Å². The normalized spacial score (nSPS) is 12.5. The Labute approximate surface area is 231 Å². The number of aliphatic hydroxyl groups excluding tert-OH is 1. The van der Waals surface area contributed by atoms with Crippen LogP contribution in [0.1, 0.15) is 64.1 Å². The van der Waals surface area contributed by atoms with Gasteiger partial charge < -0.3 is 20.6 Å². The van der Waals surface area contributed by atoms with Gasteiger partial charge in [0.1, 0.15) is 5.82 Å². The van der Waals surface area contributed by atoms with Crippen molar-refractivity contribution in [2.75, 3.05) is 19.6 Å². The molecule has 0 aromatic heterocycles. The number of hydrogen-bond donors (Lipinski definition) is 3. The molecule has 0 heterocycles. The number of rotatable bonds is 14. The molecule has 0 spiro atoms. The summed E-state index contributed by atoms with van der Waals surface area (Å²) in [6.07, 6.45) is 1.12. The molecule has 0 saturated heterocycles. The zero-order chi connectivity index (χ0) is 28.2. The third-order valence-corrected chi connectivity index (χ3v) is 6.54. The summed E-state index contributed by atoms with van der Waals surface area (Å²) < 4.78 is 13.5. The molecule has 0 saturated carbocycles. The molecule has 0 fully saturated rings. The first-order valence-electron chi connectivity index (χ1n) is 13.7. The van der Waals surface area contributed by atoms with Crippen LogP contribution in [0, 0.1) is 12.7 Å². The lowest BCUT2D eigenvalue weighted by Gasteiger charge is -2.25. The largest absolute Gasteiger partial charge is 0.390 e. The molecule has 0 radical (unpaired) electrons. The smallest absolute Gasteiger partial charge is 0.253 e. The molecule has 6 nitrogen and oxygen atoms in total. The number of hydrogen-bond acceptors (Lipinski definition) is 4. The van der Waals surface area contributed by atoms with Crippen LogP contribution in [0.3, 0.4) is 0 Å². The van der Waals surface area contributed by atoms with E-state index in [2.05, 4.69) is 10.6 Å². The summed E-state index contributed by atoms with van der Waals surface area (Å²) in [5.41, 5.74) is 3.51. The van der Waals surface area contributed by atoms with E-state index in [1.165, 1.54) is 12.1 Å². The fourth-order valence-electron chi connectivity index (χ4n) is 4.59. The number of nitrogens with zero attached hydrogens (tertiary/aromatic N) is 1. The van der Waals surface area contributed by atoms with E-state index >= 15 is 0 Å². The second-order valence-electron chi connectivity index (χ2n) is 9.97. The molecule has 2 amide bonds. The van der Waals surface area contributed by atoms with Gasteiger partial charge in [0.2, 0.25) is 0 Å². The summed E-state index contributed by atoms with van der Waals surface area (Å²) in [7, 11) is 0. The van der Waals surface area contributed by atoms with Crippen LogP contribution >= 0.6 is 0 Å². The summed E-state index contributed by atoms with van der Waals surface area (Å²) in [4.78, 5) is 28.4. The van der Waals surface area contributed by atoms with Gasteiger partial charge in [0, 0.05) is 37.3 Å². The maximum Gasteiger partial charge on any atom is 0.253 e. The minimum atomic E-state index is -0.904. The lowest BCUT2D eigenvalue weighted by atomic mass is 9.99. The summed E-state index contributed by atoms with van der Waals surface area (Å²) in [5.74, 6) is -0.814. The molecule has 0 aliphatic heterocycles. The van der Waals surface area contributed by atoms with E-state index in [0.29, 0.717) is 37.2 Å². The fraction of sp³-hybridized carbons (Fsp3) is 0.375. The molecule has 3 rings (SSSR count). The highest BCUT2D eigenvalue weighted by Gasteiger charge is 2.24. The summed E-state index contributed by atoms with van der Waals surface area (Å²) in [5, 5.41) is 17.3. The van der Waals surface area contributed by atoms with E-state index in [-0.39, 0.29) is 24.2 Å². The Bertz CT molecular complexity index is 1200. The van der Waals surface area contributed by atoms with Gasteiger partial charge in [0.05, 0.1) is 12.1 Å². The number of carbonyl (C=O) groups excluding carboxylic acids is 2. The van der Waals surface area contributed by atoms with Crippen LogP contribution in [0.4, 0.5) is 4.39 Å². The van der Waals surface area contributed by atoms with E-state index in [1.807, 2.05) is 56.0 Å². The number of aryl methyl sites for hydroxylation is 1. The van der Waals surface area contributed by atoms with Crippen molar-refractivity contribution >= 4 is 11.8 Å². The Morgan fingerprint density at radius 1 is 0.897 bits per heavy atom. The van der Waals surface area contributed by atoms with E-state index in [0.717, 1.165) is 29.5 Å². The lowest BCUT2D eigenvalue weighted by Crippen LogP contribution is -2.48. The molecule has 39 heavy (non-hydrogen) atoms. The first kappa shape index (κ1) is 30.0. The lowest BCUT2D eigenvalue weighted by molar-refractivity contribution is 0.0755. The zero-order valence-corrected chi connectivity index (χ0v) is 23.1. The number of nitrogens with one attached hydrogen (secondary N) is 2. The van der Waals surface area contributed by atoms with Crippen LogP contribution < -0.4 is 10.6 Å². The fourth-order valence-corrected chi connectivity index (χ4v) is 4.59. The molecule has 0 unspecified atom stereocenters. The molecule has 208 valence electrons. The Hall–Kier alpha value is -3.55. The first-order valence-corrected chi connectivity index (χ1v) is 13.7. The molecule has 3 aromatic carbocycles. The number of amides is 2. The van der Waals surface area contributed by atoms with Gasteiger partial charge in [0.15, 0.2) is 0 Å². The minimum absolute atomic E-state index is 0.0931. The van der Waals surface area contributed by atoms with E-state index in [1.54, 1.807) is 30.3 Å². The van der Waals surface area contributed by atoms with Crippen molar-refractivity contribution in [2.45, 2.75) is 58.7 Å². The predicted octanol–water partition coefficient (Wildman–Crippen LogP) is 4.89. The number of carbonyl (C=O) groups is 2. The highest BCUT2D eigenvalue weighted by Crippen LogP contribution is 2.15. The molecular formula is C32H40FN3O3. The molecule has 3 N–H and O–H groups in total. The predicted molar refractivity (Wildman–Crippen MR) is 153 cm³/mol. The van der Waals surface area contributed by atoms with Crippen LogP contribution in [0.15, 0.2) is 72.8 Å². The number of aliphatic hydroxyl groups is 1. The maximum atomic E-state index is 13.5. The molecule has 0 bridgehead atoms. The van der Waals surface area contributed by atoms with Crippen molar-refractivity contribution in [1.82, 2.24) is 15.5 Å². The highest BCUT2D eigenvalue weighted by molar-refractivity contribution is 6.00. The highest BCUT2D eigenvalue weighted by atomic mass is 19.1. The molecule has 7 heteroatoms. The van der Waals surface area contributed by atoms with E-state index in [4.69, 9.17) is 0 Å². The second kappa shape index (κ2) is 15.1. The van der Waals surface area contributed by atoms with Gasteiger partial charge in [-0.25, -0.2) is 4.39 Å². The molecule has 0 aliphatic rings. The van der Waals surface area contributed by atoms with Crippen LogP contribution in [0.25, 0.3) is 0 Å². The zero-order valence-electron chi connectivity index (χ0n) is 23.1. The average Bonchev–Trinajstić information content (AvgIpc) is 2.93. The van der Waals surface area contributed by atoms with E-state index < -0.39 is 12.1 Å². The topological polar surface area (TPSA) is 81.7 Å². The third kappa shape index (κ3) is 9.30. The van der Waals surface area contributed by atoms with Gasteiger partial charge in [-0.1, -0.05) is 56.3 Å². The van der Waals surface area contributed by atoms with Gasteiger partial charge in [-0.15, -0.1) is 0 Å². The van der Waals surface area contributed by atoms with Crippen LogP contribution in [0.5, 0.6) is 0 Å². The van der Waals surface area contributed by atoms with Crippen LogP contribution in [-0.2, 0) is 13.0 Å². The Kier molecular flexibility index (Phi) is 11.6. The molecule has 0 aliphatic carbocycles. The van der Waals surface area contributed by atoms with Crippen molar-refractivity contribution in [3.63, 3.8) is 0 Å². The molecule has 2 atom stereocenters. The van der Waals surface area contributed by atoms with Crippen molar-refractivity contribution in [3.8, 4) is 0 Å². The van der Waals surface area contributed by atoms with Gasteiger partial charge in [-0.2, -0.15) is 0 Å². The van der Waals surface area contributed by atoms with Gasteiger partial charge in [0.25, 0.3) is 11.8 Å². The van der Waals surface area contributed by atoms with Crippen molar-refractivity contribution < 1.29 is 19.1 Å². The Morgan fingerprint density at radius 3 is 2.18 bits per heavy atom. The maximum absolute atomic E-state index is 13.5. The van der Waals surface area contributed by atoms with Crippen molar-refractivity contribution in [3.05, 3.63) is 106 Å². The average molecular weight is 534 g/mol. The van der Waals surface area contributed by atoms with E-state index in [9.17, 15) is 19.1 Å². The Morgan fingerprint density at radius 2 is 1.54 bits per heavy atom. The monoisotopic (exact) mass is 533 g/mol. The first-order chi connectivity index (χ1) is 18.8. The van der Waals surface area contributed by atoms with Crippen molar-refractivity contribution in [2.24, 2.45) is 0 Å². The van der Waals surface area contributed by atoms with Gasteiger partial charge in [-0.3, -0.25) is 9.59 Å². The third-order valence-electron chi connectivity index (χ3n) is 6.54. The van der Waals surface area contributed by atoms with Gasteiger partial charge >= 0.3 is 0 Å². The number of benzene rings is 3. The second-order valence-corrected chi connectivity index (χ2v) is 9.97. The molecular weight excluding hydrogens is 493 g/mol. The minimum Gasteiger partial charge on any atom is -0.390 e. The van der Waals surface area contributed by atoms with Crippen LogP contribution in [0.2, 0.25) is 0 Å². The van der Waals surface area contributed by atoms with Crippen molar-refractivity contribution in [1.29, 1.82) is 0 Å². The SMILES string of the molecule is CCCN(CCC)C(=O)c1cc(C)cc(C(=O)N[C@@H](Cc2ccc(F)cc2)[C@H](O)CNCc2ccccc2)c1.